The molecule has 4 nitrogen and oxygen atoms in total. The van der Waals surface area contributed by atoms with Gasteiger partial charge in [-0.3, -0.25) is 14.9 Å². The number of hydrogen-bond acceptors (Lipinski definition) is 3. The second-order valence-corrected chi connectivity index (χ2v) is 8.80. The Morgan fingerprint density at radius 2 is 1.68 bits per heavy atom. The third kappa shape index (κ3) is 3.36. The van der Waals surface area contributed by atoms with Gasteiger partial charge in [0.25, 0.3) is 5.69 Å². The predicted molar refractivity (Wildman–Crippen MR) is 121 cm³/mol. The summed E-state index contributed by atoms with van der Waals surface area (Å²) in [6.07, 6.45) is 3.66. The maximum absolute atomic E-state index is 13.2. The molecule has 3 aromatic rings. The normalized spacial score (nSPS) is 19.3. The summed E-state index contributed by atoms with van der Waals surface area (Å²) in [5, 5.41) is 11.5. The lowest BCUT2D eigenvalue weighted by atomic mass is 9.69. The van der Waals surface area contributed by atoms with Crippen molar-refractivity contribution in [2.24, 2.45) is 0 Å². The largest absolute Gasteiger partial charge is 0.299 e. The highest BCUT2D eigenvalue weighted by molar-refractivity contribution is 5.91. The lowest BCUT2D eigenvalue weighted by molar-refractivity contribution is -0.385. The molecule has 4 heteroatoms. The van der Waals surface area contributed by atoms with Gasteiger partial charge in [0.2, 0.25) is 0 Å². The summed E-state index contributed by atoms with van der Waals surface area (Å²) < 4.78 is 0. The molecule has 3 aromatic carbocycles. The second-order valence-electron chi connectivity index (χ2n) is 8.80. The van der Waals surface area contributed by atoms with Crippen LogP contribution in [-0.4, -0.2) is 10.7 Å². The lowest BCUT2D eigenvalue weighted by Gasteiger charge is -2.34. The number of fused-ring (bicyclic) bond motifs is 5. The molecule has 156 valence electrons. The molecule has 0 aliphatic heterocycles. The van der Waals surface area contributed by atoms with Crippen LogP contribution in [-0.2, 0) is 24.1 Å². The SMILES string of the molecule is CC1CC(=O)C(CCc2ccccc2)c2c1ccc1c2CCc2c-1cccc2[N+](=O)[O-]. The van der Waals surface area contributed by atoms with E-state index in [9.17, 15) is 14.9 Å². The molecule has 0 amide bonds. The fraction of sp³-hybridized carbons (Fsp3) is 0.296. The van der Waals surface area contributed by atoms with Gasteiger partial charge >= 0.3 is 0 Å². The van der Waals surface area contributed by atoms with Gasteiger partial charge in [0.15, 0.2) is 0 Å². The number of carbonyl (C=O) groups excluding carboxylic acids is 1. The van der Waals surface area contributed by atoms with Crippen molar-refractivity contribution in [3.8, 4) is 11.1 Å². The molecular weight excluding hydrogens is 386 g/mol. The van der Waals surface area contributed by atoms with Gasteiger partial charge in [-0.15, -0.1) is 0 Å². The summed E-state index contributed by atoms with van der Waals surface area (Å²) in [7, 11) is 0. The van der Waals surface area contributed by atoms with Crippen LogP contribution in [0.5, 0.6) is 0 Å². The van der Waals surface area contributed by atoms with E-state index in [0.29, 0.717) is 18.6 Å². The number of benzene rings is 3. The molecule has 0 bridgehead atoms. The summed E-state index contributed by atoms with van der Waals surface area (Å²) in [5.41, 5.74) is 7.99. The Hall–Kier alpha value is -3.27. The van der Waals surface area contributed by atoms with Gasteiger partial charge in [-0.25, -0.2) is 0 Å². The minimum Gasteiger partial charge on any atom is -0.299 e. The van der Waals surface area contributed by atoms with Crippen molar-refractivity contribution in [1.82, 2.24) is 0 Å². The van der Waals surface area contributed by atoms with Gasteiger partial charge in [-0.1, -0.05) is 61.5 Å². The van der Waals surface area contributed by atoms with Gasteiger partial charge in [-0.2, -0.15) is 0 Å². The van der Waals surface area contributed by atoms with Crippen molar-refractivity contribution in [2.45, 2.75) is 50.9 Å². The summed E-state index contributed by atoms with van der Waals surface area (Å²) in [6, 6.07) is 20.0. The smallest absolute Gasteiger partial charge is 0.273 e. The van der Waals surface area contributed by atoms with Crippen LogP contribution in [0.25, 0.3) is 11.1 Å². The molecule has 0 fully saturated rings. The zero-order valence-corrected chi connectivity index (χ0v) is 17.6. The first-order chi connectivity index (χ1) is 15.0. The molecule has 0 heterocycles. The van der Waals surface area contributed by atoms with Crippen LogP contribution in [0, 0.1) is 10.1 Å². The average molecular weight is 412 g/mol. The van der Waals surface area contributed by atoms with Crippen LogP contribution in [0.15, 0.2) is 60.7 Å². The van der Waals surface area contributed by atoms with E-state index in [4.69, 9.17) is 0 Å². The Balaban J connectivity index is 1.61. The highest BCUT2D eigenvalue weighted by Gasteiger charge is 2.36. The minimum atomic E-state index is -0.281. The van der Waals surface area contributed by atoms with E-state index in [2.05, 4.69) is 31.2 Å². The van der Waals surface area contributed by atoms with E-state index in [1.165, 1.54) is 22.3 Å². The van der Waals surface area contributed by atoms with Gasteiger partial charge in [0.1, 0.15) is 5.78 Å². The van der Waals surface area contributed by atoms with Crippen LogP contribution in [0.2, 0.25) is 0 Å². The molecule has 0 saturated carbocycles. The highest BCUT2D eigenvalue weighted by atomic mass is 16.6. The van der Waals surface area contributed by atoms with Crippen molar-refractivity contribution in [3.05, 3.63) is 98.6 Å². The summed E-state index contributed by atoms with van der Waals surface area (Å²) >= 11 is 0. The Morgan fingerprint density at radius 3 is 2.45 bits per heavy atom. The summed E-state index contributed by atoms with van der Waals surface area (Å²) in [5.74, 6) is 0.447. The lowest BCUT2D eigenvalue weighted by Crippen LogP contribution is -2.26. The van der Waals surface area contributed by atoms with E-state index >= 15 is 0 Å². The monoisotopic (exact) mass is 411 g/mol. The molecule has 2 unspecified atom stereocenters. The quantitative estimate of drug-likeness (QED) is 0.382. The number of carbonyl (C=O) groups is 1. The first kappa shape index (κ1) is 19.7. The molecule has 2 atom stereocenters. The Kier molecular flexibility index (Phi) is 4.93. The summed E-state index contributed by atoms with van der Waals surface area (Å²) in [6.45, 7) is 2.14. The third-order valence-corrected chi connectivity index (χ3v) is 6.99. The van der Waals surface area contributed by atoms with Crippen LogP contribution >= 0.6 is 0 Å². The standard InChI is InChI=1S/C27H25NO3/c1-17-16-26(29)24(11-10-18-6-3-2-4-7-18)27-19(17)12-13-21-20-8-5-9-25(28(30)31)22(20)14-15-23(21)27/h2-9,12-13,17,24H,10-11,14-16H2,1H3. The van der Waals surface area contributed by atoms with Crippen LogP contribution in [0.1, 0.15) is 59.4 Å². The molecular formula is C27H25NO3. The van der Waals surface area contributed by atoms with Gasteiger partial charge in [0.05, 0.1) is 4.92 Å². The maximum atomic E-state index is 13.2. The third-order valence-electron chi connectivity index (χ3n) is 6.99. The van der Waals surface area contributed by atoms with Gasteiger partial charge < -0.3 is 0 Å². The average Bonchev–Trinajstić information content (AvgIpc) is 2.78. The topological polar surface area (TPSA) is 60.2 Å². The van der Waals surface area contributed by atoms with Crippen LogP contribution in [0.4, 0.5) is 5.69 Å². The minimum absolute atomic E-state index is 0.0957. The number of hydrogen-bond donors (Lipinski definition) is 0. The van der Waals surface area contributed by atoms with Crippen molar-refractivity contribution < 1.29 is 9.72 Å². The van der Waals surface area contributed by atoms with E-state index in [1.807, 2.05) is 24.3 Å². The molecule has 2 aliphatic rings. The van der Waals surface area contributed by atoms with Crippen LogP contribution < -0.4 is 0 Å². The number of aryl methyl sites for hydroxylation is 1. The van der Waals surface area contributed by atoms with Crippen molar-refractivity contribution in [3.63, 3.8) is 0 Å². The Morgan fingerprint density at radius 1 is 0.935 bits per heavy atom. The van der Waals surface area contributed by atoms with E-state index in [0.717, 1.165) is 36.0 Å². The molecule has 0 saturated heterocycles. The van der Waals surface area contributed by atoms with Crippen LogP contribution in [0.3, 0.4) is 0 Å². The van der Waals surface area contributed by atoms with Gasteiger partial charge in [-0.05, 0) is 65.0 Å². The number of nitro benzene ring substituents is 1. The van der Waals surface area contributed by atoms with E-state index in [-0.39, 0.29) is 22.4 Å². The number of nitro groups is 1. The molecule has 0 N–H and O–H groups in total. The zero-order chi connectivity index (χ0) is 21.5. The summed E-state index contributed by atoms with van der Waals surface area (Å²) in [4.78, 5) is 24.4. The number of nitrogens with zero attached hydrogens (tertiary/aromatic N) is 1. The maximum Gasteiger partial charge on any atom is 0.273 e. The molecule has 0 spiro atoms. The van der Waals surface area contributed by atoms with Crippen molar-refractivity contribution in [2.75, 3.05) is 0 Å². The molecule has 31 heavy (non-hydrogen) atoms. The first-order valence-corrected chi connectivity index (χ1v) is 11.0. The number of ketones is 1. The molecule has 2 aliphatic carbocycles. The fourth-order valence-corrected chi connectivity index (χ4v) is 5.53. The number of rotatable bonds is 4. The van der Waals surface area contributed by atoms with E-state index in [1.54, 1.807) is 12.1 Å². The highest BCUT2D eigenvalue weighted by Crippen LogP contribution is 2.47. The first-order valence-electron chi connectivity index (χ1n) is 11.0. The zero-order valence-electron chi connectivity index (χ0n) is 17.6. The molecule has 5 rings (SSSR count). The molecule has 0 aromatic heterocycles. The van der Waals surface area contributed by atoms with Gasteiger partial charge in [0, 0.05) is 24.0 Å². The van der Waals surface area contributed by atoms with Crippen molar-refractivity contribution >= 4 is 11.5 Å². The van der Waals surface area contributed by atoms with E-state index < -0.39 is 0 Å². The molecule has 0 radical (unpaired) electrons. The predicted octanol–water partition coefficient (Wildman–Crippen LogP) is 6.15. The second kappa shape index (κ2) is 7.77. The Labute approximate surface area is 182 Å². The Bertz CT molecular complexity index is 1180. The number of Topliss-reactive ketones (excluding diaryl/α,β-unsaturated/α-hetero) is 1. The van der Waals surface area contributed by atoms with Crippen molar-refractivity contribution in [1.29, 1.82) is 0 Å². The fourth-order valence-electron chi connectivity index (χ4n) is 5.53.